The highest BCUT2D eigenvalue weighted by Gasteiger charge is 2.09. The predicted molar refractivity (Wildman–Crippen MR) is 82.5 cm³/mol. The SMILES string of the molecule is c1cncc(-c2nc3ccccc3c3ccccc23)c1. The highest BCUT2D eigenvalue weighted by molar-refractivity contribution is 6.10. The first-order valence-corrected chi connectivity index (χ1v) is 6.61. The Bertz CT molecular complexity index is 899. The van der Waals surface area contributed by atoms with Crippen LogP contribution in [0.25, 0.3) is 32.9 Å². The second-order valence-corrected chi connectivity index (χ2v) is 4.76. The van der Waals surface area contributed by atoms with Gasteiger partial charge in [-0.25, -0.2) is 4.98 Å². The lowest BCUT2D eigenvalue weighted by Crippen LogP contribution is -1.89. The topological polar surface area (TPSA) is 25.8 Å². The van der Waals surface area contributed by atoms with E-state index in [4.69, 9.17) is 4.98 Å². The maximum Gasteiger partial charge on any atom is 0.0803 e. The van der Waals surface area contributed by atoms with Gasteiger partial charge in [-0.05, 0) is 23.6 Å². The Morgan fingerprint density at radius 1 is 0.650 bits per heavy atom. The number of rotatable bonds is 1. The lowest BCUT2D eigenvalue weighted by Gasteiger charge is -2.09. The van der Waals surface area contributed by atoms with Crippen molar-refractivity contribution in [1.82, 2.24) is 9.97 Å². The molecule has 0 atom stereocenters. The predicted octanol–water partition coefficient (Wildman–Crippen LogP) is 4.45. The normalized spacial score (nSPS) is 11.0. The fourth-order valence-electron chi connectivity index (χ4n) is 2.63. The second-order valence-electron chi connectivity index (χ2n) is 4.76. The third kappa shape index (κ3) is 1.66. The minimum atomic E-state index is 0.993. The molecule has 2 heteroatoms. The number of fused-ring (bicyclic) bond motifs is 3. The third-order valence-electron chi connectivity index (χ3n) is 3.54. The highest BCUT2D eigenvalue weighted by atomic mass is 14.7. The van der Waals surface area contributed by atoms with Crippen LogP contribution >= 0.6 is 0 Å². The summed E-state index contributed by atoms with van der Waals surface area (Å²) in [6.07, 6.45) is 3.65. The van der Waals surface area contributed by atoms with Crippen LogP contribution in [0.3, 0.4) is 0 Å². The van der Waals surface area contributed by atoms with Gasteiger partial charge in [-0.15, -0.1) is 0 Å². The number of aromatic nitrogens is 2. The molecule has 20 heavy (non-hydrogen) atoms. The summed E-state index contributed by atoms with van der Waals surface area (Å²) in [6, 6.07) is 20.7. The van der Waals surface area contributed by atoms with E-state index in [9.17, 15) is 0 Å². The Hall–Kier alpha value is -2.74. The summed E-state index contributed by atoms with van der Waals surface area (Å²) in [5.74, 6) is 0. The van der Waals surface area contributed by atoms with Gasteiger partial charge < -0.3 is 0 Å². The van der Waals surface area contributed by atoms with Crippen LogP contribution in [-0.2, 0) is 0 Å². The van der Waals surface area contributed by atoms with E-state index < -0.39 is 0 Å². The minimum absolute atomic E-state index is 0.993. The van der Waals surface area contributed by atoms with E-state index in [2.05, 4.69) is 53.5 Å². The molecule has 2 nitrogen and oxygen atoms in total. The summed E-state index contributed by atoms with van der Waals surface area (Å²) < 4.78 is 0. The van der Waals surface area contributed by atoms with E-state index in [-0.39, 0.29) is 0 Å². The molecule has 2 heterocycles. The van der Waals surface area contributed by atoms with Gasteiger partial charge in [0.25, 0.3) is 0 Å². The van der Waals surface area contributed by atoms with Gasteiger partial charge in [0.05, 0.1) is 11.2 Å². The van der Waals surface area contributed by atoms with E-state index in [1.54, 1.807) is 6.20 Å². The third-order valence-corrected chi connectivity index (χ3v) is 3.54. The van der Waals surface area contributed by atoms with Crippen LogP contribution in [0.1, 0.15) is 0 Å². The Morgan fingerprint density at radius 3 is 2.20 bits per heavy atom. The molecule has 94 valence electrons. The number of pyridine rings is 2. The molecular formula is C18H12N2. The summed E-state index contributed by atoms with van der Waals surface area (Å²) in [5.41, 5.74) is 3.06. The van der Waals surface area contributed by atoms with Gasteiger partial charge >= 0.3 is 0 Å². The van der Waals surface area contributed by atoms with Crippen molar-refractivity contribution in [3.63, 3.8) is 0 Å². The van der Waals surface area contributed by atoms with Crippen LogP contribution in [0.4, 0.5) is 0 Å². The number of para-hydroxylation sites is 1. The van der Waals surface area contributed by atoms with Crippen molar-refractivity contribution in [3.8, 4) is 11.3 Å². The number of hydrogen-bond donors (Lipinski definition) is 0. The number of benzene rings is 2. The van der Waals surface area contributed by atoms with E-state index in [0.29, 0.717) is 0 Å². The summed E-state index contributed by atoms with van der Waals surface area (Å²) in [7, 11) is 0. The summed E-state index contributed by atoms with van der Waals surface area (Å²) in [5, 5.41) is 3.59. The summed E-state index contributed by atoms with van der Waals surface area (Å²) in [6.45, 7) is 0. The molecule has 0 amide bonds. The first-order valence-electron chi connectivity index (χ1n) is 6.61. The van der Waals surface area contributed by atoms with Crippen molar-refractivity contribution < 1.29 is 0 Å². The molecule has 0 fully saturated rings. The van der Waals surface area contributed by atoms with Crippen molar-refractivity contribution in [2.75, 3.05) is 0 Å². The van der Waals surface area contributed by atoms with E-state index in [0.717, 1.165) is 16.8 Å². The summed E-state index contributed by atoms with van der Waals surface area (Å²) >= 11 is 0. The zero-order valence-electron chi connectivity index (χ0n) is 10.8. The van der Waals surface area contributed by atoms with Gasteiger partial charge in [-0.2, -0.15) is 0 Å². The molecule has 0 spiro atoms. The van der Waals surface area contributed by atoms with E-state index >= 15 is 0 Å². The maximum atomic E-state index is 4.83. The van der Waals surface area contributed by atoms with Gasteiger partial charge in [0, 0.05) is 28.7 Å². The molecule has 0 aliphatic carbocycles. The molecule has 0 N–H and O–H groups in total. The standard InChI is InChI=1S/C18H12N2/c1-2-9-16-14(7-1)15-8-3-4-10-17(15)20-18(16)13-6-5-11-19-12-13/h1-12H. The van der Waals surface area contributed by atoms with Crippen LogP contribution in [0, 0.1) is 0 Å². The van der Waals surface area contributed by atoms with Gasteiger partial charge in [-0.3, -0.25) is 4.98 Å². The molecule has 0 bridgehead atoms. The molecule has 2 aromatic carbocycles. The maximum absolute atomic E-state index is 4.83. The Labute approximate surface area is 116 Å². The van der Waals surface area contributed by atoms with Gasteiger partial charge in [0.1, 0.15) is 0 Å². The molecule has 0 aliphatic heterocycles. The molecular weight excluding hydrogens is 244 g/mol. The number of nitrogens with zero attached hydrogens (tertiary/aromatic N) is 2. The van der Waals surface area contributed by atoms with E-state index in [1.165, 1.54) is 16.2 Å². The van der Waals surface area contributed by atoms with Crippen molar-refractivity contribution in [3.05, 3.63) is 73.1 Å². The van der Waals surface area contributed by atoms with Gasteiger partial charge in [-0.1, -0.05) is 42.5 Å². The smallest absolute Gasteiger partial charge is 0.0803 e. The summed E-state index contributed by atoms with van der Waals surface area (Å²) in [4.78, 5) is 9.04. The van der Waals surface area contributed by atoms with Gasteiger partial charge in [0.15, 0.2) is 0 Å². The highest BCUT2D eigenvalue weighted by Crippen LogP contribution is 2.31. The number of hydrogen-bond acceptors (Lipinski definition) is 2. The van der Waals surface area contributed by atoms with Crippen molar-refractivity contribution >= 4 is 21.7 Å². The largest absolute Gasteiger partial charge is 0.264 e. The van der Waals surface area contributed by atoms with Crippen LogP contribution < -0.4 is 0 Å². The average molecular weight is 256 g/mol. The Kier molecular flexibility index (Phi) is 2.46. The molecule has 4 rings (SSSR count). The zero-order chi connectivity index (χ0) is 13.4. The second kappa shape index (κ2) is 4.42. The fraction of sp³-hybridized carbons (Fsp3) is 0. The molecule has 4 aromatic rings. The Balaban J connectivity index is 2.19. The Morgan fingerprint density at radius 2 is 1.40 bits per heavy atom. The van der Waals surface area contributed by atoms with Crippen molar-refractivity contribution in [1.29, 1.82) is 0 Å². The van der Waals surface area contributed by atoms with Crippen LogP contribution in [0.2, 0.25) is 0 Å². The molecule has 0 aliphatic rings. The van der Waals surface area contributed by atoms with Crippen LogP contribution in [-0.4, -0.2) is 9.97 Å². The first kappa shape index (κ1) is 11.1. The fourth-order valence-corrected chi connectivity index (χ4v) is 2.63. The van der Waals surface area contributed by atoms with Gasteiger partial charge in [0.2, 0.25) is 0 Å². The lowest BCUT2D eigenvalue weighted by atomic mass is 10.0. The zero-order valence-corrected chi connectivity index (χ0v) is 10.8. The monoisotopic (exact) mass is 256 g/mol. The molecule has 0 saturated heterocycles. The van der Waals surface area contributed by atoms with Crippen molar-refractivity contribution in [2.45, 2.75) is 0 Å². The van der Waals surface area contributed by atoms with Crippen molar-refractivity contribution in [2.24, 2.45) is 0 Å². The lowest BCUT2D eigenvalue weighted by molar-refractivity contribution is 1.31. The molecule has 0 unspecified atom stereocenters. The quantitative estimate of drug-likeness (QED) is 0.470. The van der Waals surface area contributed by atoms with Crippen LogP contribution in [0.5, 0.6) is 0 Å². The average Bonchev–Trinajstić information content (AvgIpc) is 2.55. The minimum Gasteiger partial charge on any atom is -0.264 e. The van der Waals surface area contributed by atoms with Crippen LogP contribution in [0.15, 0.2) is 73.1 Å². The molecule has 2 aromatic heterocycles. The van der Waals surface area contributed by atoms with E-state index in [1.807, 2.05) is 18.3 Å². The molecule has 0 radical (unpaired) electrons. The first-order chi connectivity index (χ1) is 9.93. The molecule has 0 saturated carbocycles.